The number of nitrogens with zero attached hydrogens (tertiary/aromatic N) is 2. The predicted molar refractivity (Wildman–Crippen MR) is 119 cm³/mol. The molecule has 0 saturated heterocycles. The second-order valence-electron chi connectivity index (χ2n) is 6.89. The molecule has 2 amide bonds. The zero-order valence-corrected chi connectivity index (χ0v) is 16.8. The van der Waals surface area contributed by atoms with Crippen LogP contribution >= 0.6 is 0 Å². The molecule has 30 heavy (non-hydrogen) atoms. The lowest BCUT2D eigenvalue weighted by Crippen LogP contribution is -2.21. The zero-order chi connectivity index (χ0) is 21.5. The van der Waals surface area contributed by atoms with Crippen LogP contribution in [0.1, 0.15) is 15.9 Å². The molecule has 0 radical (unpaired) electrons. The van der Waals surface area contributed by atoms with Crippen molar-refractivity contribution in [1.82, 2.24) is 4.90 Å². The molecule has 5 nitrogen and oxygen atoms in total. The molecule has 1 N–H and O–H groups in total. The third-order valence-corrected chi connectivity index (χ3v) is 4.49. The first-order valence-corrected chi connectivity index (χ1v) is 9.38. The molecule has 0 aliphatic carbocycles. The standard InChI is InChI=1S/C25H21N3O2/c1-28(2)25(30)21-12-14-23(15-13-21)27-24(29)22(17-26)16-18-8-10-20(11-9-18)19-6-4-3-5-7-19/h3-16H,1-2H3,(H,27,29)/b22-16+. The number of hydrogen-bond acceptors (Lipinski definition) is 3. The summed E-state index contributed by atoms with van der Waals surface area (Å²) in [6.45, 7) is 0. The molecule has 0 spiro atoms. The van der Waals surface area contributed by atoms with Crippen molar-refractivity contribution in [1.29, 1.82) is 5.26 Å². The van der Waals surface area contributed by atoms with Crippen molar-refractivity contribution in [2.45, 2.75) is 0 Å². The van der Waals surface area contributed by atoms with E-state index in [2.05, 4.69) is 5.32 Å². The molecule has 0 fully saturated rings. The van der Waals surface area contributed by atoms with Gasteiger partial charge in [-0.25, -0.2) is 0 Å². The quantitative estimate of drug-likeness (QED) is 0.507. The Morgan fingerprint density at radius 3 is 2.03 bits per heavy atom. The van der Waals surface area contributed by atoms with Crippen LogP contribution in [-0.2, 0) is 4.79 Å². The van der Waals surface area contributed by atoms with Crippen molar-refractivity contribution >= 4 is 23.6 Å². The Morgan fingerprint density at radius 1 is 0.867 bits per heavy atom. The van der Waals surface area contributed by atoms with Crippen molar-refractivity contribution in [2.75, 3.05) is 19.4 Å². The molecule has 3 rings (SSSR count). The first kappa shape index (κ1) is 20.6. The van der Waals surface area contributed by atoms with Crippen LogP contribution in [0, 0.1) is 11.3 Å². The molecule has 3 aromatic rings. The Balaban J connectivity index is 1.72. The highest BCUT2D eigenvalue weighted by atomic mass is 16.2. The van der Waals surface area contributed by atoms with Gasteiger partial charge >= 0.3 is 0 Å². The van der Waals surface area contributed by atoms with E-state index in [9.17, 15) is 14.9 Å². The summed E-state index contributed by atoms with van der Waals surface area (Å²) in [7, 11) is 3.35. The molecular weight excluding hydrogens is 374 g/mol. The minimum Gasteiger partial charge on any atom is -0.345 e. The molecule has 0 atom stereocenters. The number of carbonyl (C=O) groups excluding carboxylic acids is 2. The van der Waals surface area contributed by atoms with Gasteiger partial charge in [0.25, 0.3) is 11.8 Å². The molecule has 5 heteroatoms. The van der Waals surface area contributed by atoms with Gasteiger partial charge in [-0.05, 0) is 47.0 Å². The summed E-state index contributed by atoms with van der Waals surface area (Å²) >= 11 is 0. The van der Waals surface area contributed by atoms with Crippen LogP contribution in [0.3, 0.4) is 0 Å². The van der Waals surface area contributed by atoms with Gasteiger partial charge in [-0.3, -0.25) is 9.59 Å². The number of rotatable bonds is 5. The Kier molecular flexibility index (Phi) is 6.41. The molecule has 0 aliphatic rings. The van der Waals surface area contributed by atoms with Gasteiger partial charge in [-0.2, -0.15) is 5.26 Å². The minimum atomic E-state index is -0.503. The van der Waals surface area contributed by atoms with Crippen molar-refractivity contribution in [3.05, 3.63) is 95.6 Å². The van der Waals surface area contributed by atoms with Crippen LogP contribution < -0.4 is 5.32 Å². The molecule has 0 saturated carbocycles. The Bertz CT molecular complexity index is 1110. The fourth-order valence-electron chi connectivity index (χ4n) is 2.87. The van der Waals surface area contributed by atoms with Gasteiger partial charge in [0.2, 0.25) is 0 Å². The van der Waals surface area contributed by atoms with Gasteiger partial charge in [0.05, 0.1) is 0 Å². The van der Waals surface area contributed by atoms with E-state index in [4.69, 9.17) is 0 Å². The number of anilines is 1. The first-order valence-electron chi connectivity index (χ1n) is 9.38. The monoisotopic (exact) mass is 395 g/mol. The van der Waals surface area contributed by atoms with E-state index >= 15 is 0 Å². The fraction of sp³-hybridized carbons (Fsp3) is 0.0800. The number of hydrogen-bond donors (Lipinski definition) is 1. The smallest absolute Gasteiger partial charge is 0.266 e. The molecule has 0 aliphatic heterocycles. The van der Waals surface area contributed by atoms with E-state index in [0.29, 0.717) is 11.3 Å². The van der Waals surface area contributed by atoms with Crippen molar-refractivity contribution in [3.63, 3.8) is 0 Å². The molecular formula is C25H21N3O2. The maximum atomic E-state index is 12.5. The maximum Gasteiger partial charge on any atom is 0.266 e. The topological polar surface area (TPSA) is 73.2 Å². The maximum absolute atomic E-state index is 12.5. The fourth-order valence-corrected chi connectivity index (χ4v) is 2.87. The van der Waals surface area contributed by atoms with Gasteiger partial charge in [-0.1, -0.05) is 54.6 Å². The van der Waals surface area contributed by atoms with E-state index in [-0.39, 0.29) is 11.5 Å². The average molecular weight is 395 g/mol. The van der Waals surface area contributed by atoms with Crippen LogP contribution in [0.25, 0.3) is 17.2 Å². The summed E-state index contributed by atoms with van der Waals surface area (Å²) in [4.78, 5) is 25.9. The summed E-state index contributed by atoms with van der Waals surface area (Å²) in [5.41, 5.74) is 3.94. The largest absolute Gasteiger partial charge is 0.345 e. The zero-order valence-electron chi connectivity index (χ0n) is 16.8. The third kappa shape index (κ3) is 5.00. The van der Waals surface area contributed by atoms with E-state index < -0.39 is 5.91 Å². The molecule has 3 aromatic carbocycles. The van der Waals surface area contributed by atoms with Gasteiger partial charge in [0.15, 0.2) is 0 Å². The molecule has 148 valence electrons. The van der Waals surface area contributed by atoms with Crippen LogP contribution in [0.2, 0.25) is 0 Å². The summed E-state index contributed by atoms with van der Waals surface area (Å²) in [5, 5.41) is 12.1. The van der Waals surface area contributed by atoms with Crippen LogP contribution in [0.4, 0.5) is 5.69 Å². The molecule has 0 heterocycles. The van der Waals surface area contributed by atoms with Crippen molar-refractivity contribution in [2.24, 2.45) is 0 Å². The van der Waals surface area contributed by atoms with Gasteiger partial charge in [-0.15, -0.1) is 0 Å². The first-order chi connectivity index (χ1) is 14.5. The Labute approximate surface area is 175 Å². The van der Waals surface area contributed by atoms with Crippen molar-refractivity contribution in [3.8, 4) is 17.2 Å². The summed E-state index contributed by atoms with van der Waals surface area (Å²) in [5.74, 6) is -0.624. The number of carbonyl (C=O) groups is 2. The molecule has 0 aromatic heterocycles. The highest BCUT2D eigenvalue weighted by molar-refractivity contribution is 6.09. The Morgan fingerprint density at radius 2 is 1.47 bits per heavy atom. The van der Waals surface area contributed by atoms with E-state index in [1.54, 1.807) is 44.4 Å². The van der Waals surface area contributed by atoms with E-state index in [1.807, 2.05) is 60.7 Å². The summed E-state index contributed by atoms with van der Waals surface area (Å²) < 4.78 is 0. The predicted octanol–water partition coefficient (Wildman–Crippen LogP) is 4.60. The third-order valence-electron chi connectivity index (χ3n) is 4.49. The van der Waals surface area contributed by atoms with Crippen LogP contribution in [-0.4, -0.2) is 30.8 Å². The summed E-state index contributed by atoms with van der Waals surface area (Å²) in [6, 6.07) is 26.1. The van der Waals surface area contributed by atoms with E-state index in [1.165, 1.54) is 4.90 Å². The second kappa shape index (κ2) is 9.35. The highest BCUT2D eigenvalue weighted by Crippen LogP contribution is 2.20. The number of nitriles is 1. The lowest BCUT2D eigenvalue weighted by molar-refractivity contribution is -0.112. The number of nitrogens with one attached hydrogen (secondary N) is 1. The van der Waals surface area contributed by atoms with Gasteiger partial charge in [0.1, 0.15) is 11.6 Å². The normalized spacial score (nSPS) is 10.8. The number of benzene rings is 3. The minimum absolute atomic E-state index is 0.00379. The lowest BCUT2D eigenvalue weighted by atomic mass is 10.0. The van der Waals surface area contributed by atoms with Crippen LogP contribution in [0.5, 0.6) is 0 Å². The number of amides is 2. The molecule has 0 unspecified atom stereocenters. The average Bonchev–Trinajstić information content (AvgIpc) is 2.78. The summed E-state index contributed by atoms with van der Waals surface area (Å²) in [6.07, 6.45) is 1.55. The molecule has 0 bridgehead atoms. The van der Waals surface area contributed by atoms with Crippen molar-refractivity contribution < 1.29 is 9.59 Å². The Hall–Kier alpha value is -4.17. The SMILES string of the molecule is CN(C)C(=O)c1ccc(NC(=O)/C(C#N)=C/c2ccc(-c3ccccc3)cc2)cc1. The second-order valence-corrected chi connectivity index (χ2v) is 6.89. The van der Waals surface area contributed by atoms with Gasteiger partial charge < -0.3 is 10.2 Å². The van der Waals surface area contributed by atoms with Gasteiger partial charge in [0, 0.05) is 25.3 Å². The lowest BCUT2D eigenvalue weighted by Gasteiger charge is -2.11. The van der Waals surface area contributed by atoms with E-state index in [0.717, 1.165) is 16.7 Å². The van der Waals surface area contributed by atoms with Crippen LogP contribution in [0.15, 0.2) is 84.4 Å². The highest BCUT2D eigenvalue weighted by Gasteiger charge is 2.11.